The molecule has 2 aromatic heterocycles. The number of hydrogen-bond donors (Lipinski definition) is 2. The van der Waals surface area contributed by atoms with Crippen LogP contribution in [0.2, 0.25) is 5.02 Å². The van der Waals surface area contributed by atoms with E-state index in [2.05, 4.69) is 25.4 Å². The summed E-state index contributed by atoms with van der Waals surface area (Å²) in [6.45, 7) is -0.131. The summed E-state index contributed by atoms with van der Waals surface area (Å²) in [5.74, 6) is 0.0581. The Labute approximate surface area is 182 Å². The zero-order valence-corrected chi connectivity index (χ0v) is 17.0. The van der Waals surface area contributed by atoms with Gasteiger partial charge in [0.1, 0.15) is 0 Å². The van der Waals surface area contributed by atoms with Crippen LogP contribution in [0.1, 0.15) is 11.4 Å². The minimum Gasteiger partial charge on any atom is -0.457 e. The van der Waals surface area contributed by atoms with Crippen molar-refractivity contribution in [2.45, 2.75) is 13.0 Å². The van der Waals surface area contributed by atoms with Gasteiger partial charge in [0.05, 0.1) is 18.3 Å². The predicted molar refractivity (Wildman–Crippen MR) is 116 cm³/mol. The molecule has 10 heteroatoms. The van der Waals surface area contributed by atoms with Gasteiger partial charge in [0.25, 0.3) is 0 Å². The second kappa shape index (κ2) is 9.23. The Morgan fingerprint density at radius 3 is 2.61 bits per heavy atom. The second-order valence-corrected chi connectivity index (χ2v) is 6.97. The van der Waals surface area contributed by atoms with E-state index < -0.39 is 5.97 Å². The van der Waals surface area contributed by atoms with Gasteiger partial charge in [-0.15, -0.1) is 0 Å². The number of anilines is 3. The molecule has 0 spiro atoms. The number of nitrogens with zero attached hydrogens (tertiary/aromatic N) is 5. The van der Waals surface area contributed by atoms with Gasteiger partial charge in [0.2, 0.25) is 11.9 Å². The fraction of sp³-hybridized carbons (Fsp3) is 0.0952. The van der Waals surface area contributed by atoms with E-state index in [0.29, 0.717) is 5.02 Å². The van der Waals surface area contributed by atoms with Gasteiger partial charge in [0.15, 0.2) is 12.4 Å². The number of para-hydroxylation sites is 1. The number of nitrogens with two attached hydrogens (primary N) is 1. The van der Waals surface area contributed by atoms with Gasteiger partial charge >= 0.3 is 5.97 Å². The van der Waals surface area contributed by atoms with Crippen LogP contribution in [0, 0.1) is 0 Å². The van der Waals surface area contributed by atoms with E-state index in [0.717, 1.165) is 16.9 Å². The highest BCUT2D eigenvalue weighted by atomic mass is 35.5. The average molecular weight is 436 g/mol. The van der Waals surface area contributed by atoms with Crippen LogP contribution in [0.5, 0.6) is 0 Å². The summed E-state index contributed by atoms with van der Waals surface area (Å²) in [7, 11) is 0. The fourth-order valence-corrected chi connectivity index (χ4v) is 2.88. The molecule has 4 rings (SSSR count). The van der Waals surface area contributed by atoms with Crippen molar-refractivity contribution in [1.82, 2.24) is 24.7 Å². The van der Waals surface area contributed by atoms with Gasteiger partial charge < -0.3 is 15.8 Å². The molecule has 0 amide bonds. The molecule has 9 nitrogen and oxygen atoms in total. The lowest BCUT2D eigenvalue weighted by Crippen LogP contribution is -2.12. The molecule has 0 radical (unpaired) electrons. The van der Waals surface area contributed by atoms with Gasteiger partial charge in [0, 0.05) is 22.5 Å². The van der Waals surface area contributed by atoms with E-state index in [9.17, 15) is 4.79 Å². The first-order chi connectivity index (χ1) is 15.0. The van der Waals surface area contributed by atoms with E-state index in [-0.39, 0.29) is 30.7 Å². The van der Waals surface area contributed by atoms with E-state index in [4.69, 9.17) is 22.1 Å². The summed E-state index contributed by atoms with van der Waals surface area (Å²) in [5.41, 5.74) is 8.12. The first-order valence-electron chi connectivity index (χ1n) is 9.33. The molecule has 0 aliphatic heterocycles. The highest BCUT2D eigenvalue weighted by molar-refractivity contribution is 6.30. The molecular weight excluding hydrogens is 418 g/mol. The molecule has 3 N–H and O–H groups in total. The number of esters is 1. The molecule has 31 heavy (non-hydrogen) atoms. The summed E-state index contributed by atoms with van der Waals surface area (Å²) in [4.78, 5) is 24.5. The number of ether oxygens (including phenoxy) is 1. The lowest BCUT2D eigenvalue weighted by Gasteiger charge is -2.08. The Morgan fingerprint density at radius 2 is 1.84 bits per heavy atom. The maximum absolute atomic E-state index is 12.2. The van der Waals surface area contributed by atoms with Gasteiger partial charge in [-0.3, -0.25) is 4.79 Å². The Bertz CT molecular complexity index is 1180. The standard InChI is InChI=1S/C21H18ClN7O2/c22-15-6-8-16(9-7-15)25-21-27-18(26-20(23)28-21)13-31-19(30)10-14-11-24-29(12-14)17-4-2-1-3-5-17/h1-9,11-12H,10,13H2,(H3,23,25,26,27,28). The maximum Gasteiger partial charge on any atom is 0.310 e. The van der Waals surface area contributed by atoms with Crippen LogP contribution in [0.4, 0.5) is 17.6 Å². The molecule has 0 fully saturated rings. The number of aromatic nitrogens is 5. The molecular formula is C21H18ClN7O2. The fourth-order valence-electron chi connectivity index (χ4n) is 2.76. The Balaban J connectivity index is 1.35. The van der Waals surface area contributed by atoms with Gasteiger partial charge in [-0.25, -0.2) is 4.68 Å². The van der Waals surface area contributed by atoms with Crippen molar-refractivity contribution in [3.63, 3.8) is 0 Å². The normalized spacial score (nSPS) is 10.6. The van der Waals surface area contributed by atoms with Crippen molar-refractivity contribution in [1.29, 1.82) is 0 Å². The van der Waals surface area contributed by atoms with Crippen molar-refractivity contribution in [2.24, 2.45) is 0 Å². The number of carbonyl (C=O) groups is 1. The Hall–Kier alpha value is -3.98. The van der Waals surface area contributed by atoms with Crippen molar-refractivity contribution < 1.29 is 9.53 Å². The highest BCUT2D eigenvalue weighted by Gasteiger charge is 2.11. The molecule has 0 aliphatic carbocycles. The number of rotatable bonds is 7. The molecule has 0 saturated heterocycles. The first kappa shape index (κ1) is 20.3. The van der Waals surface area contributed by atoms with E-state index in [1.165, 1.54) is 0 Å². The van der Waals surface area contributed by atoms with Gasteiger partial charge in [-0.05, 0) is 36.4 Å². The van der Waals surface area contributed by atoms with Crippen molar-refractivity contribution in [3.05, 3.63) is 83.4 Å². The first-order valence-corrected chi connectivity index (χ1v) is 9.70. The zero-order chi connectivity index (χ0) is 21.6. The lowest BCUT2D eigenvalue weighted by atomic mass is 10.2. The number of benzene rings is 2. The molecule has 0 aliphatic rings. The quantitative estimate of drug-likeness (QED) is 0.424. The Morgan fingerprint density at radius 1 is 1.06 bits per heavy atom. The summed E-state index contributed by atoms with van der Waals surface area (Å²) >= 11 is 5.88. The van der Waals surface area contributed by atoms with E-state index in [1.54, 1.807) is 41.3 Å². The maximum atomic E-state index is 12.2. The van der Waals surface area contributed by atoms with E-state index in [1.807, 2.05) is 30.3 Å². The molecule has 156 valence electrons. The van der Waals surface area contributed by atoms with Crippen LogP contribution in [-0.2, 0) is 22.6 Å². The third kappa shape index (κ3) is 5.55. The van der Waals surface area contributed by atoms with Crippen LogP contribution < -0.4 is 11.1 Å². The minimum atomic E-state index is -0.432. The van der Waals surface area contributed by atoms with Crippen LogP contribution in [0.15, 0.2) is 67.0 Å². The molecule has 2 aromatic carbocycles. The third-order valence-corrected chi connectivity index (χ3v) is 4.42. The van der Waals surface area contributed by atoms with Gasteiger partial charge in [-0.2, -0.15) is 20.1 Å². The zero-order valence-electron chi connectivity index (χ0n) is 16.3. The van der Waals surface area contributed by atoms with Crippen LogP contribution in [0.3, 0.4) is 0 Å². The summed E-state index contributed by atoms with van der Waals surface area (Å²) in [6, 6.07) is 16.6. The number of carbonyl (C=O) groups excluding carboxylic acids is 1. The van der Waals surface area contributed by atoms with Gasteiger partial charge in [-0.1, -0.05) is 29.8 Å². The third-order valence-electron chi connectivity index (χ3n) is 4.17. The number of halogens is 1. The van der Waals surface area contributed by atoms with Crippen LogP contribution in [0.25, 0.3) is 5.69 Å². The van der Waals surface area contributed by atoms with Crippen LogP contribution >= 0.6 is 11.6 Å². The van der Waals surface area contributed by atoms with Crippen molar-refractivity contribution in [3.8, 4) is 5.69 Å². The SMILES string of the molecule is Nc1nc(COC(=O)Cc2cnn(-c3ccccc3)c2)nc(Nc2ccc(Cl)cc2)n1. The number of hydrogen-bond acceptors (Lipinski definition) is 8. The lowest BCUT2D eigenvalue weighted by molar-refractivity contribution is -0.144. The number of nitrogens with one attached hydrogen (secondary N) is 1. The monoisotopic (exact) mass is 435 g/mol. The number of nitrogen functional groups attached to an aromatic ring is 1. The molecule has 0 bridgehead atoms. The van der Waals surface area contributed by atoms with E-state index >= 15 is 0 Å². The molecule has 2 heterocycles. The summed E-state index contributed by atoms with van der Waals surface area (Å²) < 4.78 is 6.99. The average Bonchev–Trinajstić information content (AvgIpc) is 3.23. The molecule has 0 atom stereocenters. The van der Waals surface area contributed by atoms with Crippen molar-refractivity contribution in [2.75, 3.05) is 11.1 Å². The van der Waals surface area contributed by atoms with Crippen LogP contribution in [-0.4, -0.2) is 30.7 Å². The Kier molecular flexibility index (Phi) is 6.04. The summed E-state index contributed by atoms with van der Waals surface area (Å²) in [6.07, 6.45) is 3.48. The smallest absolute Gasteiger partial charge is 0.310 e. The molecule has 0 unspecified atom stereocenters. The molecule has 0 saturated carbocycles. The van der Waals surface area contributed by atoms with Crippen molar-refractivity contribution >= 4 is 35.2 Å². The predicted octanol–water partition coefficient (Wildman–Crippen LogP) is 3.32. The largest absolute Gasteiger partial charge is 0.457 e. The minimum absolute atomic E-state index is 0.0154. The topological polar surface area (TPSA) is 121 Å². The highest BCUT2D eigenvalue weighted by Crippen LogP contribution is 2.17. The molecule has 4 aromatic rings. The summed E-state index contributed by atoms with van der Waals surface area (Å²) in [5, 5.41) is 7.89. The second-order valence-electron chi connectivity index (χ2n) is 6.53.